The van der Waals surface area contributed by atoms with Crippen molar-refractivity contribution in [1.82, 2.24) is 0 Å². The van der Waals surface area contributed by atoms with Crippen LogP contribution in [0.1, 0.15) is 28.4 Å². The van der Waals surface area contributed by atoms with Gasteiger partial charge in [-0.1, -0.05) is 48.5 Å². The SMILES string of the molecule is CCOC(=O)c1ccccc1CCc1ccccc1. The number of benzene rings is 2. The molecule has 0 N–H and O–H groups in total. The summed E-state index contributed by atoms with van der Waals surface area (Å²) >= 11 is 0. The number of rotatable bonds is 5. The fraction of sp³-hybridized carbons (Fsp3) is 0.235. The van der Waals surface area contributed by atoms with Crippen molar-refractivity contribution in [2.75, 3.05) is 6.61 Å². The largest absolute Gasteiger partial charge is 0.462 e. The first-order chi connectivity index (χ1) is 9.31. The lowest BCUT2D eigenvalue weighted by Gasteiger charge is -2.08. The highest BCUT2D eigenvalue weighted by atomic mass is 16.5. The van der Waals surface area contributed by atoms with E-state index in [9.17, 15) is 4.79 Å². The van der Waals surface area contributed by atoms with Gasteiger partial charge in [-0.05, 0) is 37.0 Å². The Balaban J connectivity index is 2.10. The maximum Gasteiger partial charge on any atom is 0.338 e. The maximum atomic E-state index is 11.9. The van der Waals surface area contributed by atoms with Crippen LogP contribution < -0.4 is 0 Å². The van der Waals surface area contributed by atoms with Gasteiger partial charge in [-0.25, -0.2) is 4.79 Å². The first-order valence-corrected chi connectivity index (χ1v) is 6.60. The van der Waals surface area contributed by atoms with E-state index in [1.54, 1.807) is 0 Å². The zero-order chi connectivity index (χ0) is 13.5. The second kappa shape index (κ2) is 6.74. The van der Waals surface area contributed by atoms with Crippen molar-refractivity contribution in [3.63, 3.8) is 0 Å². The minimum absolute atomic E-state index is 0.230. The number of ether oxygens (including phenoxy) is 1. The first kappa shape index (κ1) is 13.3. The molecule has 2 nitrogen and oxygen atoms in total. The second-order valence-electron chi connectivity index (χ2n) is 4.36. The van der Waals surface area contributed by atoms with Crippen molar-refractivity contribution in [2.45, 2.75) is 19.8 Å². The molecule has 2 aromatic carbocycles. The number of carbonyl (C=O) groups is 1. The number of aryl methyl sites for hydroxylation is 2. The van der Waals surface area contributed by atoms with Crippen molar-refractivity contribution in [3.05, 3.63) is 71.3 Å². The summed E-state index contributed by atoms with van der Waals surface area (Å²) in [7, 11) is 0. The molecule has 0 aromatic heterocycles. The molecule has 0 saturated carbocycles. The van der Waals surface area contributed by atoms with Crippen LogP contribution in [-0.4, -0.2) is 12.6 Å². The van der Waals surface area contributed by atoms with E-state index in [0.29, 0.717) is 12.2 Å². The average Bonchev–Trinajstić information content (AvgIpc) is 2.47. The summed E-state index contributed by atoms with van der Waals surface area (Å²) in [6, 6.07) is 17.9. The quantitative estimate of drug-likeness (QED) is 0.761. The van der Waals surface area contributed by atoms with Crippen molar-refractivity contribution >= 4 is 5.97 Å². The van der Waals surface area contributed by atoms with E-state index < -0.39 is 0 Å². The molecule has 0 bridgehead atoms. The Morgan fingerprint density at radius 2 is 1.63 bits per heavy atom. The monoisotopic (exact) mass is 254 g/mol. The molecule has 0 radical (unpaired) electrons. The second-order valence-corrected chi connectivity index (χ2v) is 4.36. The molecule has 0 aliphatic rings. The van der Waals surface area contributed by atoms with Crippen LogP contribution in [0.5, 0.6) is 0 Å². The Morgan fingerprint density at radius 3 is 2.37 bits per heavy atom. The number of carbonyl (C=O) groups excluding carboxylic acids is 1. The summed E-state index contributed by atoms with van der Waals surface area (Å²) in [5.41, 5.74) is 3.01. The normalized spacial score (nSPS) is 10.2. The van der Waals surface area contributed by atoms with Gasteiger partial charge < -0.3 is 4.74 Å². The van der Waals surface area contributed by atoms with Gasteiger partial charge in [0.15, 0.2) is 0 Å². The molecule has 98 valence electrons. The summed E-state index contributed by atoms with van der Waals surface area (Å²) in [5, 5.41) is 0. The molecule has 19 heavy (non-hydrogen) atoms. The molecule has 0 unspecified atom stereocenters. The molecule has 2 aromatic rings. The summed E-state index contributed by atoms with van der Waals surface area (Å²) < 4.78 is 5.08. The van der Waals surface area contributed by atoms with Gasteiger partial charge in [-0.15, -0.1) is 0 Å². The number of esters is 1. The molecule has 2 heteroatoms. The standard InChI is InChI=1S/C17H18O2/c1-2-19-17(18)16-11-7-6-10-15(16)13-12-14-8-4-3-5-9-14/h3-11H,2,12-13H2,1H3. The van der Waals surface area contributed by atoms with E-state index in [-0.39, 0.29) is 5.97 Å². The molecule has 0 heterocycles. The van der Waals surface area contributed by atoms with Gasteiger partial charge in [-0.3, -0.25) is 0 Å². The summed E-state index contributed by atoms with van der Waals surface area (Å²) in [4.78, 5) is 11.9. The Morgan fingerprint density at radius 1 is 0.947 bits per heavy atom. The van der Waals surface area contributed by atoms with E-state index in [4.69, 9.17) is 4.74 Å². The van der Waals surface area contributed by atoms with Crippen LogP contribution in [0.25, 0.3) is 0 Å². The van der Waals surface area contributed by atoms with Crippen LogP contribution in [0.4, 0.5) is 0 Å². The average molecular weight is 254 g/mol. The van der Waals surface area contributed by atoms with Crippen molar-refractivity contribution in [3.8, 4) is 0 Å². The van der Waals surface area contributed by atoms with Crippen molar-refractivity contribution < 1.29 is 9.53 Å². The van der Waals surface area contributed by atoms with Crippen molar-refractivity contribution in [2.24, 2.45) is 0 Å². The first-order valence-electron chi connectivity index (χ1n) is 6.60. The Labute approximate surface area is 114 Å². The molecule has 0 amide bonds. The molecule has 0 aliphatic heterocycles. The topological polar surface area (TPSA) is 26.3 Å². The zero-order valence-electron chi connectivity index (χ0n) is 11.1. The third-order valence-corrected chi connectivity index (χ3v) is 3.04. The van der Waals surface area contributed by atoms with Gasteiger partial charge in [0.2, 0.25) is 0 Å². The van der Waals surface area contributed by atoms with Gasteiger partial charge in [-0.2, -0.15) is 0 Å². The van der Waals surface area contributed by atoms with Gasteiger partial charge >= 0.3 is 5.97 Å². The van der Waals surface area contributed by atoms with Gasteiger partial charge in [0.25, 0.3) is 0 Å². The van der Waals surface area contributed by atoms with Crippen LogP contribution in [0.2, 0.25) is 0 Å². The molecule has 2 rings (SSSR count). The zero-order valence-corrected chi connectivity index (χ0v) is 11.1. The summed E-state index contributed by atoms with van der Waals surface area (Å²) in [6.07, 6.45) is 1.77. The summed E-state index contributed by atoms with van der Waals surface area (Å²) in [5.74, 6) is -0.230. The van der Waals surface area contributed by atoms with Gasteiger partial charge in [0, 0.05) is 0 Å². The third kappa shape index (κ3) is 3.68. The van der Waals surface area contributed by atoms with E-state index in [0.717, 1.165) is 18.4 Å². The number of hydrogen-bond donors (Lipinski definition) is 0. The molecular formula is C17H18O2. The summed E-state index contributed by atoms with van der Waals surface area (Å²) in [6.45, 7) is 2.23. The highest BCUT2D eigenvalue weighted by Gasteiger charge is 2.11. The fourth-order valence-electron chi connectivity index (χ4n) is 2.07. The van der Waals surface area contributed by atoms with Crippen LogP contribution in [0, 0.1) is 0 Å². The molecule has 0 spiro atoms. The van der Waals surface area contributed by atoms with Gasteiger partial charge in [0.1, 0.15) is 0 Å². The minimum Gasteiger partial charge on any atom is -0.462 e. The Kier molecular flexibility index (Phi) is 4.73. The van der Waals surface area contributed by atoms with E-state index in [1.165, 1.54) is 5.56 Å². The third-order valence-electron chi connectivity index (χ3n) is 3.04. The highest BCUT2D eigenvalue weighted by Crippen LogP contribution is 2.14. The molecular weight excluding hydrogens is 236 g/mol. The van der Waals surface area contributed by atoms with E-state index >= 15 is 0 Å². The molecule has 0 aliphatic carbocycles. The van der Waals surface area contributed by atoms with E-state index in [1.807, 2.05) is 49.4 Å². The lowest BCUT2D eigenvalue weighted by atomic mass is 10.00. The lowest BCUT2D eigenvalue weighted by Crippen LogP contribution is -2.08. The minimum atomic E-state index is -0.230. The predicted octanol–water partition coefficient (Wildman–Crippen LogP) is 3.65. The van der Waals surface area contributed by atoms with Gasteiger partial charge in [0.05, 0.1) is 12.2 Å². The van der Waals surface area contributed by atoms with Crippen LogP contribution >= 0.6 is 0 Å². The Bertz CT molecular complexity index is 532. The van der Waals surface area contributed by atoms with Crippen LogP contribution in [0.3, 0.4) is 0 Å². The Hall–Kier alpha value is -2.09. The van der Waals surface area contributed by atoms with E-state index in [2.05, 4.69) is 12.1 Å². The predicted molar refractivity (Wildman–Crippen MR) is 76.2 cm³/mol. The maximum absolute atomic E-state index is 11.9. The van der Waals surface area contributed by atoms with Crippen LogP contribution in [0.15, 0.2) is 54.6 Å². The highest BCUT2D eigenvalue weighted by molar-refractivity contribution is 5.91. The van der Waals surface area contributed by atoms with Crippen LogP contribution in [-0.2, 0) is 17.6 Å². The smallest absolute Gasteiger partial charge is 0.338 e. The fourth-order valence-corrected chi connectivity index (χ4v) is 2.07. The number of hydrogen-bond acceptors (Lipinski definition) is 2. The molecule has 0 fully saturated rings. The van der Waals surface area contributed by atoms with Crippen molar-refractivity contribution in [1.29, 1.82) is 0 Å². The molecule has 0 atom stereocenters. The molecule has 0 saturated heterocycles. The lowest BCUT2D eigenvalue weighted by molar-refractivity contribution is 0.0525.